The van der Waals surface area contributed by atoms with Crippen LogP contribution in [0, 0.1) is 0 Å². The number of para-hydroxylation sites is 1. The van der Waals surface area contributed by atoms with Gasteiger partial charge in [-0.15, -0.1) is 0 Å². The number of aliphatic hydroxyl groups is 1. The van der Waals surface area contributed by atoms with Crippen LogP contribution in [-0.2, 0) is 6.42 Å². The van der Waals surface area contributed by atoms with Crippen molar-refractivity contribution in [1.29, 1.82) is 0 Å². The maximum atomic E-state index is 10.2. The Bertz CT molecular complexity index is 646. The first-order valence-electron chi connectivity index (χ1n) is 6.62. The highest BCUT2D eigenvalue weighted by molar-refractivity contribution is 7.07. The number of rotatable bonds is 5. The van der Waals surface area contributed by atoms with Crippen molar-refractivity contribution in [3.8, 4) is 5.69 Å². The van der Waals surface area contributed by atoms with Gasteiger partial charge in [0, 0.05) is 11.8 Å². The van der Waals surface area contributed by atoms with Gasteiger partial charge < -0.3 is 5.11 Å². The molecule has 0 spiro atoms. The van der Waals surface area contributed by atoms with E-state index in [9.17, 15) is 5.11 Å². The van der Waals surface area contributed by atoms with E-state index in [4.69, 9.17) is 0 Å². The number of hydrogen-bond acceptors (Lipinski definition) is 3. The molecule has 0 aliphatic carbocycles. The van der Waals surface area contributed by atoms with Crippen LogP contribution in [-0.4, -0.2) is 14.9 Å². The van der Waals surface area contributed by atoms with Crippen molar-refractivity contribution in [2.75, 3.05) is 0 Å². The lowest BCUT2D eigenvalue weighted by Crippen LogP contribution is -1.98. The molecule has 2 heterocycles. The lowest BCUT2D eigenvalue weighted by Gasteiger charge is -2.07. The molecule has 0 bridgehead atoms. The fraction of sp³-hybridized carbons (Fsp3) is 0.188. The highest BCUT2D eigenvalue weighted by Gasteiger charge is 2.11. The Hall–Kier alpha value is -1.91. The minimum Gasteiger partial charge on any atom is -0.388 e. The van der Waals surface area contributed by atoms with E-state index in [1.54, 1.807) is 22.2 Å². The highest BCUT2D eigenvalue weighted by Crippen LogP contribution is 2.20. The average Bonchev–Trinajstić information content (AvgIpc) is 3.17. The number of nitrogens with zero attached hydrogens (tertiary/aromatic N) is 2. The second-order valence-electron chi connectivity index (χ2n) is 4.74. The third kappa shape index (κ3) is 2.98. The van der Waals surface area contributed by atoms with Gasteiger partial charge in [0.1, 0.15) is 0 Å². The van der Waals surface area contributed by atoms with Crippen LogP contribution in [0.3, 0.4) is 0 Å². The highest BCUT2D eigenvalue weighted by atomic mass is 32.1. The standard InChI is InChI=1S/C16H16N2OS/c19-16(7-6-13-8-9-20-12-13)14-10-17-18(11-14)15-4-2-1-3-5-15/h1-5,8-12,16,19H,6-7H2. The van der Waals surface area contributed by atoms with Gasteiger partial charge in [-0.05, 0) is 47.4 Å². The van der Waals surface area contributed by atoms with Crippen LogP contribution >= 0.6 is 11.3 Å². The van der Waals surface area contributed by atoms with Gasteiger partial charge in [-0.2, -0.15) is 16.4 Å². The molecule has 4 heteroatoms. The first kappa shape index (κ1) is 13.1. The van der Waals surface area contributed by atoms with Crippen LogP contribution in [0.4, 0.5) is 0 Å². The van der Waals surface area contributed by atoms with E-state index in [-0.39, 0.29) is 0 Å². The zero-order valence-electron chi connectivity index (χ0n) is 11.0. The summed E-state index contributed by atoms with van der Waals surface area (Å²) >= 11 is 1.69. The molecule has 2 aromatic heterocycles. The van der Waals surface area contributed by atoms with E-state index in [2.05, 4.69) is 21.9 Å². The SMILES string of the molecule is OC(CCc1ccsc1)c1cnn(-c2ccccc2)c1. The van der Waals surface area contributed by atoms with Gasteiger partial charge in [0.05, 0.1) is 18.0 Å². The molecule has 3 aromatic rings. The van der Waals surface area contributed by atoms with Crippen molar-refractivity contribution in [2.45, 2.75) is 18.9 Å². The lowest BCUT2D eigenvalue weighted by atomic mass is 10.1. The molecule has 0 aliphatic heterocycles. The second-order valence-corrected chi connectivity index (χ2v) is 5.52. The van der Waals surface area contributed by atoms with Crippen LogP contribution < -0.4 is 0 Å². The molecule has 102 valence electrons. The van der Waals surface area contributed by atoms with Crippen molar-refractivity contribution >= 4 is 11.3 Å². The number of aliphatic hydroxyl groups excluding tert-OH is 1. The number of benzene rings is 1. The maximum absolute atomic E-state index is 10.2. The van der Waals surface area contributed by atoms with E-state index in [0.29, 0.717) is 0 Å². The number of aryl methyl sites for hydroxylation is 1. The molecule has 0 amide bonds. The molecule has 0 saturated heterocycles. The van der Waals surface area contributed by atoms with E-state index in [1.165, 1.54) is 5.56 Å². The second kappa shape index (κ2) is 6.03. The van der Waals surface area contributed by atoms with E-state index in [0.717, 1.165) is 24.1 Å². The first-order valence-corrected chi connectivity index (χ1v) is 7.56. The summed E-state index contributed by atoms with van der Waals surface area (Å²) in [5.41, 5.74) is 3.15. The molecule has 0 aliphatic rings. The molecule has 1 unspecified atom stereocenters. The minimum atomic E-state index is -0.465. The predicted octanol–water partition coefficient (Wildman–Crippen LogP) is 3.60. The quantitative estimate of drug-likeness (QED) is 0.777. The molecule has 0 saturated carbocycles. The Kier molecular flexibility index (Phi) is 3.95. The van der Waals surface area contributed by atoms with Gasteiger partial charge >= 0.3 is 0 Å². The van der Waals surface area contributed by atoms with Gasteiger partial charge in [0.15, 0.2) is 0 Å². The normalized spacial score (nSPS) is 12.4. The molecule has 3 nitrogen and oxygen atoms in total. The Balaban J connectivity index is 1.67. The number of hydrogen-bond donors (Lipinski definition) is 1. The molecule has 1 aromatic carbocycles. The molecular formula is C16H16N2OS. The van der Waals surface area contributed by atoms with Gasteiger partial charge in [-0.1, -0.05) is 18.2 Å². The summed E-state index contributed by atoms with van der Waals surface area (Å²) in [6.07, 6.45) is 4.78. The summed E-state index contributed by atoms with van der Waals surface area (Å²) in [7, 11) is 0. The monoisotopic (exact) mass is 284 g/mol. The van der Waals surface area contributed by atoms with Crippen LogP contribution in [0.1, 0.15) is 23.7 Å². The lowest BCUT2D eigenvalue weighted by molar-refractivity contribution is 0.168. The summed E-state index contributed by atoms with van der Waals surface area (Å²) < 4.78 is 1.79. The minimum absolute atomic E-state index is 0.465. The maximum Gasteiger partial charge on any atom is 0.0823 e. The smallest absolute Gasteiger partial charge is 0.0823 e. The summed E-state index contributed by atoms with van der Waals surface area (Å²) in [5.74, 6) is 0. The van der Waals surface area contributed by atoms with E-state index in [1.807, 2.05) is 36.5 Å². The van der Waals surface area contributed by atoms with E-state index < -0.39 is 6.10 Å². The van der Waals surface area contributed by atoms with Crippen LogP contribution in [0.15, 0.2) is 59.6 Å². The van der Waals surface area contributed by atoms with Crippen LogP contribution in [0.2, 0.25) is 0 Å². The first-order chi connectivity index (χ1) is 9.83. The molecule has 1 atom stereocenters. The topological polar surface area (TPSA) is 38.1 Å². The number of thiophene rings is 1. The fourth-order valence-electron chi connectivity index (χ4n) is 2.14. The van der Waals surface area contributed by atoms with E-state index >= 15 is 0 Å². The van der Waals surface area contributed by atoms with Gasteiger partial charge in [0.25, 0.3) is 0 Å². The Morgan fingerprint density at radius 3 is 2.80 bits per heavy atom. The fourth-order valence-corrected chi connectivity index (χ4v) is 2.84. The number of aromatic nitrogens is 2. The van der Waals surface area contributed by atoms with Crippen LogP contribution in [0.5, 0.6) is 0 Å². The van der Waals surface area contributed by atoms with Crippen LogP contribution in [0.25, 0.3) is 5.69 Å². The third-order valence-corrected chi connectivity index (χ3v) is 4.03. The zero-order chi connectivity index (χ0) is 13.8. The Morgan fingerprint density at radius 2 is 2.05 bits per heavy atom. The molecule has 3 rings (SSSR count). The molecule has 0 radical (unpaired) electrons. The zero-order valence-corrected chi connectivity index (χ0v) is 11.8. The largest absolute Gasteiger partial charge is 0.388 e. The molecular weight excluding hydrogens is 268 g/mol. The summed E-state index contributed by atoms with van der Waals surface area (Å²) in [5, 5.41) is 18.7. The van der Waals surface area contributed by atoms with Gasteiger partial charge in [-0.25, -0.2) is 4.68 Å². The average molecular weight is 284 g/mol. The van der Waals surface area contributed by atoms with Gasteiger partial charge in [-0.3, -0.25) is 0 Å². The van der Waals surface area contributed by atoms with Crippen molar-refractivity contribution in [1.82, 2.24) is 9.78 Å². The van der Waals surface area contributed by atoms with Crippen molar-refractivity contribution in [2.24, 2.45) is 0 Å². The van der Waals surface area contributed by atoms with Crippen molar-refractivity contribution in [3.05, 3.63) is 70.7 Å². The van der Waals surface area contributed by atoms with Crippen molar-refractivity contribution < 1.29 is 5.11 Å². The third-order valence-electron chi connectivity index (χ3n) is 3.29. The van der Waals surface area contributed by atoms with Crippen molar-refractivity contribution in [3.63, 3.8) is 0 Å². The summed E-state index contributed by atoms with van der Waals surface area (Å²) in [6.45, 7) is 0. The molecule has 1 N–H and O–H groups in total. The van der Waals surface area contributed by atoms with Gasteiger partial charge in [0.2, 0.25) is 0 Å². The molecule has 0 fully saturated rings. The Morgan fingerprint density at radius 1 is 1.20 bits per heavy atom. The molecule has 20 heavy (non-hydrogen) atoms. The summed E-state index contributed by atoms with van der Waals surface area (Å²) in [6, 6.07) is 12.0. The Labute approximate surface area is 122 Å². The summed E-state index contributed by atoms with van der Waals surface area (Å²) in [4.78, 5) is 0. The predicted molar refractivity (Wildman–Crippen MR) is 81.2 cm³/mol.